The van der Waals surface area contributed by atoms with Crippen molar-refractivity contribution in [3.63, 3.8) is 0 Å². The Kier molecular flexibility index (Phi) is 5.26. The Labute approximate surface area is 146 Å². The Morgan fingerprint density at radius 3 is 2.52 bits per heavy atom. The Balaban J connectivity index is 1.65. The van der Waals surface area contributed by atoms with Crippen molar-refractivity contribution in [2.45, 2.75) is 6.92 Å². The summed E-state index contributed by atoms with van der Waals surface area (Å²) in [4.78, 5) is 12.2. The van der Waals surface area contributed by atoms with E-state index in [0.717, 1.165) is 17.0 Å². The predicted molar refractivity (Wildman–Crippen MR) is 98.4 cm³/mol. The highest BCUT2D eigenvalue weighted by Crippen LogP contribution is 2.15. The monoisotopic (exact) mass is 333 g/mol. The number of carbonyl (C=O) groups is 1. The minimum absolute atomic E-state index is 0.260. The molecule has 2 aromatic carbocycles. The fourth-order valence-corrected chi connectivity index (χ4v) is 2.39. The van der Waals surface area contributed by atoms with Gasteiger partial charge in [0, 0.05) is 29.2 Å². The Hall–Kier alpha value is -3.34. The van der Waals surface area contributed by atoms with E-state index in [9.17, 15) is 4.79 Å². The minimum Gasteiger partial charge on any atom is -0.493 e. The number of nitrogens with zero attached hydrogens (tertiary/aromatic N) is 2. The van der Waals surface area contributed by atoms with Crippen LogP contribution in [-0.4, -0.2) is 23.3 Å². The predicted octanol–water partition coefficient (Wildman–Crippen LogP) is 3.64. The number of hydrazone groups is 1. The smallest absolute Gasteiger partial charge is 0.271 e. The second-order valence-electron chi connectivity index (χ2n) is 5.31. The third kappa shape index (κ3) is 4.14. The Morgan fingerprint density at radius 1 is 1.08 bits per heavy atom. The molecule has 0 unspecified atom stereocenters. The van der Waals surface area contributed by atoms with Gasteiger partial charge in [0.2, 0.25) is 0 Å². The molecule has 1 N–H and O–H groups in total. The number of carbonyl (C=O) groups excluding carboxylic acids is 1. The van der Waals surface area contributed by atoms with Crippen LogP contribution in [0.25, 0.3) is 5.69 Å². The average molecular weight is 333 g/mol. The van der Waals surface area contributed by atoms with E-state index >= 15 is 0 Å². The summed E-state index contributed by atoms with van der Waals surface area (Å²) in [6.45, 7) is 2.50. The Morgan fingerprint density at radius 2 is 1.80 bits per heavy atom. The molecule has 1 heterocycles. The third-order valence-corrected chi connectivity index (χ3v) is 3.62. The van der Waals surface area contributed by atoms with E-state index in [2.05, 4.69) is 10.5 Å². The number of ether oxygens (including phenoxy) is 1. The molecule has 0 radical (unpaired) electrons. The second kappa shape index (κ2) is 7.97. The number of benzene rings is 2. The fraction of sp³-hybridized carbons (Fsp3) is 0.100. The van der Waals surface area contributed by atoms with Gasteiger partial charge in [-0.1, -0.05) is 12.1 Å². The van der Waals surface area contributed by atoms with E-state index in [1.807, 2.05) is 72.4 Å². The van der Waals surface area contributed by atoms with Crippen molar-refractivity contribution < 1.29 is 9.53 Å². The van der Waals surface area contributed by atoms with E-state index in [4.69, 9.17) is 4.74 Å². The van der Waals surface area contributed by atoms with E-state index < -0.39 is 0 Å². The number of nitrogens with one attached hydrogen (secondary N) is 1. The van der Waals surface area contributed by atoms with Gasteiger partial charge in [0.25, 0.3) is 5.91 Å². The number of para-hydroxylation sites is 1. The van der Waals surface area contributed by atoms with E-state index in [0.29, 0.717) is 12.2 Å². The Bertz CT molecular complexity index is 853. The summed E-state index contributed by atoms with van der Waals surface area (Å²) < 4.78 is 7.50. The molecule has 3 rings (SSSR count). The first kappa shape index (κ1) is 16.5. The molecule has 0 aliphatic rings. The van der Waals surface area contributed by atoms with Crippen LogP contribution in [0.4, 0.5) is 0 Å². The van der Waals surface area contributed by atoms with Crippen LogP contribution in [0.5, 0.6) is 5.75 Å². The van der Waals surface area contributed by atoms with Crippen molar-refractivity contribution in [3.05, 3.63) is 84.2 Å². The van der Waals surface area contributed by atoms with Gasteiger partial charge in [-0.3, -0.25) is 4.79 Å². The summed E-state index contributed by atoms with van der Waals surface area (Å²) in [6.07, 6.45) is 5.49. The second-order valence-corrected chi connectivity index (χ2v) is 5.31. The molecule has 0 spiro atoms. The maximum absolute atomic E-state index is 12.2. The van der Waals surface area contributed by atoms with Crippen LogP contribution in [-0.2, 0) is 0 Å². The standard InChI is InChI=1S/C20H19N3O2/c1-2-25-19-8-4-3-7-17(19)15-21-22-20(24)16-9-11-18(12-10-16)23-13-5-6-14-23/h3-15H,2H2,1H3,(H,22,24)/b21-15+. The van der Waals surface area contributed by atoms with Crippen molar-refractivity contribution in [3.8, 4) is 11.4 Å². The first-order valence-corrected chi connectivity index (χ1v) is 8.06. The van der Waals surface area contributed by atoms with Gasteiger partial charge >= 0.3 is 0 Å². The van der Waals surface area contributed by atoms with E-state index in [1.165, 1.54) is 0 Å². The zero-order valence-electron chi connectivity index (χ0n) is 13.9. The maximum Gasteiger partial charge on any atom is 0.271 e. The van der Waals surface area contributed by atoms with E-state index in [1.54, 1.807) is 18.3 Å². The molecule has 5 nitrogen and oxygen atoms in total. The van der Waals surface area contributed by atoms with Gasteiger partial charge in [-0.25, -0.2) is 5.43 Å². The molecule has 0 saturated carbocycles. The van der Waals surface area contributed by atoms with E-state index in [-0.39, 0.29) is 5.91 Å². The number of aromatic nitrogens is 1. The highest BCUT2D eigenvalue weighted by atomic mass is 16.5. The van der Waals surface area contributed by atoms with Crippen molar-refractivity contribution in [1.29, 1.82) is 0 Å². The molecule has 1 aromatic heterocycles. The lowest BCUT2D eigenvalue weighted by Gasteiger charge is -2.06. The van der Waals surface area contributed by atoms with Crippen molar-refractivity contribution >= 4 is 12.1 Å². The maximum atomic E-state index is 12.2. The van der Waals surface area contributed by atoms with Gasteiger partial charge in [-0.05, 0) is 55.5 Å². The molecule has 0 saturated heterocycles. The number of hydrogen-bond donors (Lipinski definition) is 1. The number of amides is 1. The average Bonchev–Trinajstić information content (AvgIpc) is 3.18. The zero-order chi connectivity index (χ0) is 17.5. The first-order valence-electron chi connectivity index (χ1n) is 8.06. The largest absolute Gasteiger partial charge is 0.493 e. The first-order chi connectivity index (χ1) is 12.3. The van der Waals surface area contributed by atoms with Crippen LogP contribution in [0, 0.1) is 0 Å². The van der Waals surface area contributed by atoms with Gasteiger partial charge in [0.05, 0.1) is 12.8 Å². The van der Waals surface area contributed by atoms with Gasteiger partial charge in [-0.2, -0.15) is 5.10 Å². The van der Waals surface area contributed by atoms with Crippen LogP contribution >= 0.6 is 0 Å². The molecule has 126 valence electrons. The fourth-order valence-electron chi connectivity index (χ4n) is 2.39. The summed E-state index contributed by atoms with van der Waals surface area (Å²) >= 11 is 0. The minimum atomic E-state index is -0.260. The number of hydrogen-bond acceptors (Lipinski definition) is 3. The molecule has 1 amide bonds. The lowest BCUT2D eigenvalue weighted by atomic mass is 10.2. The molecule has 0 aliphatic carbocycles. The van der Waals surface area contributed by atoms with Crippen molar-refractivity contribution in [2.24, 2.45) is 5.10 Å². The highest BCUT2D eigenvalue weighted by Gasteiger charge is 2.05. The SMILES string of the molecule is CCOc1ccccc1/C=N/NC(=O)c1ccc(-n2cccc2)cc1. The summed E-state index contributed by atoms with van der Waals surface area (Å²) in [6, 6.07) is 18.8. The molecular formula is C20H19N3O2. The summed E-state index contributed by atoms with van der Waals surface area (Å²) in [5.74, 6) is 0.475. The van der Waals surface area contributed by atoms with Crippen LogP contribution < -0.4 is 10.2 Å². The van der Waals surface area contributed by atoms with Gasteiger partial charge in [0.15, 0.2) is 0 Å². The summed E-state index contributed by atoms with van der Waals surface area (Å²) in [5, 5.41) is 4.02. The molecule has 0 fully saturated rings. The van der Waals surface area contributed by atoms with Crippen LogP contribution in [0.1, 0.15) is 22.8 Å². The molecule has 0 bridgehead atoms. The van der Waals surface area contributed by atoms with Crippen LogP contribution in [0.2, 0.25) is 0 Å². The zero-order valence-corrected chi connectivity index (χ0v) is 13.9. The normalized spacial score (nSPS) is 10.8. The molecule has 25 heavy (non-hydrogen) atoms. The molecule has 5 heteroatoms. The quantitative estimate of drug-likeness (QED) is 0.553. The van der Waals surface area contributed by atoms with Crippen LogP contribution in [0.3, 0.4) is 0 Å². The highest BCUT2D eigenvalue weighted by molar-refractivity contribution is 5.95. The molecule has 3 aromatic rings. The van der Waals surface area contributed by atoms with Crippen molar-refractivity contribution in [2.75, 3.05) is 6.61 Å². The molecular weight excluding hydrogens is 314 g/mol. The van der Waals surface area contributed by atoms with Gasteiger partial charge in [0.1, 0.15) is 5.75 Å². The van der Waals surface area contributed by atoms with Crippen LogP contribution in [0.15, 0.2) is 78.2 Å². The lowest BCUT2D eigenvalue weighted by Crippen LogP contribution is -2.17. The molecule has 0 atom stereocenters. The molecule has 0 aliphatic heterocycles. The summed E-state index contributed by atoms with van der Waals surface area (Å²) in [7, 11) is 0. The third-order valence-electron chi connectivity index (χ3n) is 3.62. The number of rotatable bonds is 6. The van der Waals surface area contributed by atoms with Gasteiger partial charge in [-0.15, -0.1) is 0 Å². The topological polar surface area (TPSA) is 55.6 Å². The van der Waals surface area contributed by atoms with Gasteiger partial charge < -0.3 is 9.30 Å². The summed E-state index contributed by atoms with van der Waals surface area (Å²) in [5.41, 5.74) is 4.90. The van der Waals surface area contributed by atoms with Crippen molar-refractivity contribution in [1.82, 2.24) is 9.99 Å². The lowest BCUT2D eigenvalue weighted by molar-refractivity contribution is 0.0955.